The Balaban J connectivity index is 1.91. The van der Waals surface area contributed by atoms with Gasteiger partial charge in [-0.2, -0.15) is 0 Å². The number of piperidine rings is 1. The second-order valence-corrected chi connectivity index (χ2v) is 3.55. The molecule has 0 aliphatic carbocycles. The van der Waals surface area contributed by atoms with Gasteiger partial charge in [-0.1, -0.05) is 0 Å². The summed E-state index contributed by atoms with van der Waals surface area (Å²) >= 11 is 0. The highest BCUT2D eigenvalue weighted by atomic mass is 16.5. The number of nitrogens with one attached hydrogen (secondary N) is 1. The van der Waals surface area contributed by atoms with Gasteiger partial charge in [0, 0.05) is 13.2 Å². The van der Waals surface area contributed by atoms with Crippen molar-refractivity contribution >= 4 is 0 Å². The van der Waals surface area contributed by atoms with E-state index in [1.54, 1.807) is 0 Å². The van der Waals surface area contributed by atoms with Crippen LogP contribution in [0, 0.1) is 5.92 Å². The van der Waals surface area contributed by atoms with Gasteiger partial charge in [-0.15, -0.1) is 0 Å². The summed E-state index contributed by atoms with van der Waals surface area (Å²) in [6, 6.07) is 0. The van der Waals surface area contributed by atoms with Crippen molar-refractivity contribution in [1.82, 2.24) is 5.32 Å². The summed E-state index contributed by atoms with van der Waals surface area (Å²) in [5.74, 6) is 0.916. The molecule has 1 heterocycles. The van der Waals surface area contributed by atoms with Gasteiger partial charge in [0.15, 0.2) is 0 Å². The van der Waals surface area contributed by atoms with Crippen LogP contribution in [0.4, 0.5) is 0 Å². The molecular formula is C10H21NO. The molecule has 2 heteroatoms. The van der Waals surface area contributed by atoms with Gasteiger partial charge in [0.05, 0.1) is 0 Å². The first-order valence-corrected chi connectivity index (χ1v) is 5.22. The Morgan fingerprint density at radius 3 is 3.08 bits per heavy atom. The number of ether oxygens (including phenoxy) is 1. The molecule has 72 valence electrons. The van der Waals surface area contributed by atoms with Gasteiger partial charge in [0.25, 0.3) is 0 Å². The van der Waals surface area contributed by atoms with Crippen molar-refractivity contribution in [1.29, 1.82) is 0 Å². The minimum Gasteiger partial charge on any atom is -0.382 e. The van der Waals surface area contributed by atoms with Crippen LogP contribution in [0.2, 0.25) is 0 Å². The van der Waals surface area contributed by atoms with Gasteiger partial charge in [-0.25, -0.2) is 0 Å². The molecular weight excluding hydrogens is 150 g/mol. The summed E-state index contributed by atoms with van der Waals surface area (Å²) < 4.78 is 5.30. The van der Waals surface area contributed by atoms with Crippen LogP contribution >= 0.6 is 0 Å². The zero-order valence-corrected chi connectivity index (χ0v) is 8.14. The van der Waals surface area contributed by atoms with E-state index in [1.165, 1.54) is 38.8 Å². The maximum Gasteiger partial charge on any atom is 0.0466 e. The fourth-order valence-corrected chi connectivity index (χ4v) is 1.79. The van der Waals surface area contributed by atoms with E-state index in [0.29, 0.717) is 0 Å². The fourth-order valence-electron chi connectivity index (χ4n) is 1.79. The van der Waals surface area contributed by atoms with E-state index in [9.17, 15) is 0 Å². The molecule has 0 saturated carbocycles. The van der Waals surface area contributed by atoms with Gasteiger partial charge in [-0.05, 0) is 51.6 Å². The highest BCUT2D eigenvalue weighted by Crippen LogP contribution is 2.15. The molecule has 0 radical (unpaired) electrons. The van der Waals surface area contributed by atoms with Gasteiger partial charge in [-0.3, -0.25) is 0 Å². The standard InChI is InChI=1S/C10H21NO/c1-2-12-8-4-6-10-5-3-7-11-9-10/h10-11H,2-9H2,1H3. The molecule has 1 unspecified atom stereocenters. The van der Waals surface area contributed by atoms with Crippen LogP contribution in [0.5, 0.6) is 0 Å². The van der Waals surface area contributed by atoms with Crippen molar-refractivity contribution in [3.05, 3.63) is 0 Å². The second kappa shape index (κ2) is 6.44. The van der Waals surface area contributed by atoms with Crippen molar-refractivity contribution in [3.63, 3.8) is 0 Å². The molecule has 1 atom stereocenters. The monoisotopic (exact) mass is 171 g/mol. The highest BCUT2D eigenvalue weighted by molar-refractivity contribution is 4.68. The molecule has 1 N–H and O–H groups in total. The Morgan fingerprint density at radius 2 is 2.42 bits per heavy atom. The first-order chi connectivity index (χ1) is 5.93. The van der Waals surface area contributed by atoms with Gasteiger partial charge in [0.1, 0.15) is 0 Å². The van der Waals surface area contributed by atoms with Crippen molar-refractivity contribution < 1.29 is 4.74 Å². The first-order valence-electron chi connectivity index (χ1n) is 5.22. The van der Waals surface area contributed by atoms with E-state index >= 15 is 0 Å². The molecule has 1 aliphatic rings. The molecule has 0 aromatic rings. The summed E-state index contributed by atoms with van der Waals surface area (Å²) in [6.07, 6.45) is 5.35. The summed E-state index contributed by atoms with van der Waals surface area (Å²) in [5.41, 5.74) is 0. The molecule has 12 heavy (non-hydrogen) atoms. The third kappa shape index (κ3) is 4.07. The van der Waals surface area contributed by atoms with E-state index < -0.39 is 0 Å². The Bertz CT molecular complexity index is 100. The van der Waals surface area contributed by atoms with Crippen molar-refractivity contribution in [3.8, 4) is 0 Å². The molecule has 0 aromatic heterocycles. The molecule has 0 amide bonds. The smallest absolute Gasteiger partial charge is 0.0466 e. The molecule has 0 aromatic carbocycles. The van der Waals surface area contributed by atoms with E-state index in [-0.39, 0.29) is 0 Å². The lowest BCUT2D eigenvalue weighted by Crippen LogP contribution is -2.29. The Hall–Kier alpha value is -0.0800. The topological polar surface area (TPSA) is 21.3 Å². The Kier molecular flexibility index (Phi) is 5.37. The summed E-state index contributed by atoms with van der Waals surface area (Å²) in [6.45, 7) is 6.33. The maximum atomic E-state index is 5.30. The maximum absolute atomic E-state index is 5.30. The largest absolute Gasteiger partial charge is 0.382 e. The number of rotatable bonds is 5. The molecule has 1 aliphatic heterocycles. The van der Waals surface area contributed by atoms with Gasteiger partial charge < -0.3 is 10.1 Å². The molecule has 2 nitrogen and oxygen atoms in total. The lowest BCUT2D eigenvalue weighted by atomic mass is 9.95. The predicted molar refractivity (Wildman–Crippen MR) is 51.3 cm³/mol. The van der Waals surface area contributed by atoms with Gasteiger partial charge in [0.2, 0.25) is 0 Å². The predicted octanol–water partition coefficient (Wildman–Crippen LogP) is 1.80. The van der Waals surface area contributed by atoms with Crippen molar-refractivity contribution in [2.75, 3.05) is 26.3 Å². The summed E-state index contributed by atoms with van der Waals surface area (Å²) in [4.78, 5) is 0. The molecule has 0 bridgehead atoms. The fraction of sp³-hybridized carbons (Fsp3) is 1.00. The van der Waals surface area contributed by atoms with E-state index in [1.807, 2.05) is 0 Å². The normalized spacial score (nSPS) is 24.2. The van der Waals surface area contributed by atoms with Crippen LogP contribution in [0.1, 0.15) is 32.6 Å². The summed E-state index contributed by atoms with van der Waals surface area (Å²) in [5, 5.41) is 3.43. The highest BCUT2D eigenvalue weighted by Gasteiger charge is 2.11. The lowest BCUT2D eigenvalue weighted by molar-refractivity contribution is 0.137. The quantitative estimate of drug-likeness (QED) is 0.637. The summed E-state index contributed by atoms with van der Waals surface area (Å²) in [7, 11) is 0. The SMILES string of the molecule is CCOCCCC1CCCNC1. The van der Waals surface area contributed by atoms with Crippen LogP contribution in [-0.2, 0) is 4.74 Å². The molecule has 1 rings (SSSR count). The van der Waals surface area contributed by atoms with Crippen LogP contribution in [0.3, 0.4) is 0 Å². The van der Waals surface area contributed by atoms with Crippen molar-refractivity contribution in [2.24, 2.45) is 5.92 Å². The van der Waals surface area contributed by atoms with Crippen LogP contribution in [-0.4, -0.2) is 26.3 Å². The second-order valence-electron chi connectivity index (χ2n) is 3.55. The first kappa shape index (κ1) is 10.0. The van der Waals surface area contributed by atoms with Crippen LogP contribution in [0.15, 0.2) is 0 Å². The van der Waals surface area contributed by atoms with E-state index in [4.69, 9.17) is 4.74 Å². The zero-order valence-electron chi connectivity index (χ0n) is 8.14. The van der Waals surface area contributed by atoms with Crippen LogP contribution < -0.4 is 5.32 Å². The Labute approximate surface area is 75.7 Å². The molecule has 1 fully saturated rings. The average Bonchev–Trinajstić information content (AvgIpc) is 2.14. The third-order valence-corrected chi connectivity index (χ3v) is 2.50. The van der Waals surface area contributed by atoms with Gasteiger partial charge >= 0.3 is 0 Å². The zero-order chi connectivity index (χ0) is 8.65. The Morgan fingerprint density at radius 1 is 1.50 bits per heavy atom. The minimum absolute atomic E-state index is 0.864. The number of hydrogen-bond donors (Lipinski definition) is 1. The third-order valence-electron chi connectivity index (χ3n) is 2.50. The van der Waals surface area contributed by atoms with E-state index in [0.717, 1.165) is 19.1 Å². The van der Waals surface area contributed by atoms with Crippen LogP contribution in [0.25, 0.3) is 0 Å². The molecule has 1 saturated heterocycles. The minimum atomic E-state index is 0.864. The van der Waals surface area contributed by atoms with Crippen molar-refractivity contribution in [2.45, 2.75) is 32.6 Å². The number of hydrogen-bond acceptors (Lipinski definition) is 2. The molecule has 0 spiro atoms. The van der Waals surface area contributed by atoms with E-state index in [2.05, 4.69) is 12.2 Å². The lowest BCUT2D eigenvalue weighted by Gasteiger charge is -2.22. The average molecular weight is 171 g/mol.